The van der Waals surface area contributed by atoms with E-state index in [1.807, 2.05) is 0 Å². The summed E-state index contributed by atoms with van der Waals surface area (Å²) in [7, 11) is 0. The van der Waals surface area contributed by atoms with Gasteiger partial charge in [-0.05, 0) is 0 Å². The Morgan fingerprint density at radius 2 is 2.10 bits per heavy atom. The summed E-state index contributed by atoms with van der Waals surface area (Å²) < 4.78 is 2.62. The molecule has 0 fully saturated rings. The number of carbonyl (C=O) groups is 2. The van der Waals surface area contributed by atoms with Gasteiger partial charge in [0, 0.05) is 0 Å². The predicted octanol–water partition coefficient (Wildman–Crippen LogP) is 0.362. The van der Waals surface area contributed by atoms with Crippen LogP contribution >= 0.6 is 0 Å². The molecule has 1 unspecified atom stereocenters. The van der Waals surface area contributed by atoms with Gasteiger partial charge in [-0.1, -0.05) is 0 Å². The fourth-order valence-electron chi connectivity index (χ4n) is 2.03. The molecular weight excluding hydrogens is 371 g/mol. The van der Waals surface area contributed by atoms with Crippen LogP contribution in [0, 0.1) is 11.8 Å². The van der Waals surface area contributed by atoms with Gasteiger partial charge in [0.2, 0.25) is 0 Å². The van der Waals surface area contributed by atoms with Crippen LogP contribution in [-0.2, 0) is 4.79 Å². The van der Waals surface area contributed by atoms with Crippen LogP contribution in [0.3, 0.4) is 0 Å². The van der Waals surface area contributed by atoms with Crippen molar-refractivity contribution in [2.45, 2.75) is 16.5 Å². The van der Waals surface area contributed by atoms with Gasteiger partial charge in [0.05, 0.1) is 0 Å². The molecule has 106 valence electrons. The summed E-state index contributed by atoms with van der Waals surface area (Å²) in [5.41, 5.74) is 2.69. The van der Waals surface area contributed by atoms with Crippen LogP contribution < -0.4 is 10.8 Å². The van der Waals surface area contributed by atoms with E-state index in [4.69, 9.17) is 5.21 Å². The van der Waals surface area contributed by atoms with Crippen molar-refractivity contribution in [2.24, 2.45) is 0 Å². The number of carbonyl (C=O) groups excluding carboxylic acids is 2. The quantitative estimate of drug-likeness (QED) is 0.399. The van der Waals surface area contributed by atoms with E-state index in [1.165, 1.54) is 0 Å². The average Bonchev–Trinajstić information content (AvgIpc) is 3.05. The Bertz CT molecular complexity index is 614. The van der Waals surface area contributed by atoms with Crippen molar-refractivity contribution in [1.29, 1.82) is 0 Å². The monoisotopic (exact) mass is 386 g/mol. The number of hydrogen-bond acceptors (Lipinski definition) is 3. The van der Waals surface area contributed by atoms with Crippen molar-refractivity contribution >= 4 is 38.0 Å². The van der Waals surface area contributed by atoms with Gasteiger partial charge in [0.25, 0.3) is 0 Å². The molecule has 1 aromatic rings. The predicted molar refractivity (Wildman–Crippen MR) is 80.4 cm³/mol. The minimum atomic E-state index is -0.771. The molecule has 0 radical (unpaired) electrons. The zero-order chi connectivity index (χ0) is 15.1. The van der Waals surface area contributed by atoms with Crippen LogP contribution in [0.4, 0.5) is 0 Å². The van der Waals surface area contributed by atoms with Crippen molar-refractivity contribution in [3.05, 3.63) is 35.4 Å². The van der Waals surface area contributed by atoms with Crippen LogP contribution in [-0.4, -0.2) is 49.7 Å². The standard InChI is InChI=1S/C15H15N2O3.In/c1-2-3-6-14(18)16-11-4-5-12-7-9-13(10-8-12)15(19)17-20;/h1,6-10,20H,2-3,11H2,(H,16,18)(H,17,19);. The molecule has 0 saturated heterocycles. The maximum atomic E-state index is 11.8. The second kappa shape index (κ2) is 8.01. The van der Waals surface area contributed by atoms with E-state index < -0.39 is 28.3 Å². The summed E-state index contributed by atoms with van der Waals surface area (Å²) in [4.78, 5) is 22.9. The van der Waals surface area contributed by atoms with E-state index in [0.717, 1.165) is 18.4 Å². The molecule has 0 saturated carbocycles. The molecule has 2 amide bonds. The molecule has 3 N–H and O–H groups in total. The van der Waals surface area contributed by atoms with Crippen LogP contribution in [0.5, 0.6) is 0 Å². The maximum absolute atomic E-state index is 11.8. The summed E-state index contributed by atoms with van der Waals surface area (Å²) in [6.07, 6.45) is 2.10. The fraction of sp³-hybridized carbons (Fsp3) is 0.267. The zero-order valence-corrected chi connectivity index (χ0v) is 14.7. The molecule has 0 aromatic heterocycles. The van der Waals surface area contributed by atoms with Crippen molar-refractivity contribution in [3.63, 3.8) is 0 Å². The van der Waals surface area contributed by atoms with Crippen LogP contribution in [0.15, 0.2) is 24.3 Å². The Labute approximate surface area is 133 Å². The normalized spacial score (nSPS) is 15.6. The third-order valence-electron chi connectivity index (χ3n) is 3.18. The van der Waals surface area contributed by atoms with Crippen molar-refractivity contribution in [2.75, 3.05) is 6.54 Å². The van der Waals surface area contributed by atoms with Gasteiger partial charge in [0.15, 0.2) is 0 Å². The minimum absolute atomic E-state index is 0.147. The summed E-state index contributed by atoms with van der Waals surface area (Å²) in [6, 6.07) is 6.55. The van der Waals surface area contributed by atoms with Gasteiger partial charge < -0.3 is 0 Å². The molecule has 5 nitrogen and oxygen atoms in total. The summed E-state index contributed by atoms with van der Waals surface area (Å²) in [5, 5.41) is 11.4. The van der Waals surface area contributed by atoms with Gasteiger partial charge >= 0.3 is 129 Å². The van der Waals surface area contributed by atoms with Crippen LogP contribution in [0.1, 0.15) is 28.8 Å². The fourth-order valence-corrected chi connectivity index (χ4v) is 6.00. The van der Waals surface area contributed by atoms with E-state index >= 15 is 0 Å². The molecule has 1 aliphatic rings. The first kappa shape index (κ1) is 15.8. The molecule has 0 aliphatic carbocycles. The zero-order valence-electron chi connectivity index (χ0n) is 11.4. The third-order valence-corrected chi connectivity index (χ3v) is 8.05. The van der Waals surface area contributed by atoms with Crippen molar-refractivity contribution in [1.82, 2.24) is 10.8 Å². The number of rotatable bonds is 3. The molecule has 6 heteroatoms. The second-order valence-electron chi connectivity index (χ2n) is 4.65. The van der Waals surface area contributed by atoms with Crippen molar-refractivity contribution < 1.29 is 14.8 Å². The molecular formula is C15H15InN2O3. The van der Waals surface area contributed by atoms with Crippen LogP contribution in [0.25, 0.3) is 0 Å². The van der Waals surface area contributed by atoms with E-state index in [2.05, 4.69) is 20.9 Å². The van der Waals surface area contributed by atoms with Crippen LogP contribution in [0.2, 0.25) is 3.67 Å². The van der Waals surface area contributed by atoms with E-state index in [-0.39, 0.29) is 5.91 Å². The molecule has 1 aliphatic heterocycles. The second-order valence-corrected chi connectivity index (χ2v) is 9.39. The van der Waals surface area contributed by atoms with E-state index in [0.29, 0.717) is 15.8 Å². The molecule has 21 heavy (non-hydrogen) atoms. The Morgan fingerprint density at radius 3 is 2.71 bits per heavy atom. The van der Waals surface area contributed by atoms with Gasteiger partial charge in [-0.2, -0.15) is 0 Å². The summed E-state index contributed by atoms with van der Waals surface area (Å²) in [6.45, 7) is 0.344. The molecule has 2 rings (SSSR count). The first-order valence-corrected chi connectivity index (χ1v) is 10.5. The van der Waals surface area contributed by atoms with E-state index in [9.17, 15) is 9.59 Å². The Balaban J connectivity index is 1.83. The molecule has 0 spiro atoms. The van der Waals surface area contributed by atoms with E-state index in [1.54, 1.807) is 29.7 Å². The number of hydroxylamine groups is 1. The van der Waals surface area contributed by atoms with Crippen molar-refractivity contribution in [3.8, 4) is 11.8 Å². The Kier molecular flexibility index (Phi) is 6.03. The van der Waals surface area contributed by atoms with Gasteiger partial charge in [0.1, 0.15) is 0 Å². The molecule has 1 heterocycles. The average molecular weight is 386 g/mol. The Morgan fingerprint density at radius 1 is 1.33 bits per heavy atom. The number of amides is 2. The summed E-state index contributed by atoms with van der Waals surface area (Å²) >= 11 is -0.771. The molecule has 1 atom stereocenters. The van der Waals surface area contributed by atoms with Gasteiger partial charge in [-0.15, -0.1) is 0 Å². The number of nitrogens with one attached hydrogen (secondary N) is 2. The Hall–Kier alpha value is -1.58. The van der Waals surface area contributed by atoms with Gasteiger partial charge in [-0.3, -0.25) is 5.21 Å². The van der Waals surface area contributed by atoms with Gasteiger partial charge in [-0.25, -0.2) is 0 Å². The first-order chi connectivity index (χ1) is 10.2. The summed E-state index contributed by atoms with van der Waals surface area (Å²) in [5.74, 6) is 5.41. The third kappa shape index (κ3) is 4.73. The topological polar surface area (TPSA) is 78.4 Å². The number of hydrogen-bond donors (Lipinski definition) is 3. The number of benzene rings is 1. The molecule has 0 bridgehead atoms. The molecule has 1 aromatic carbocycles. The SMILES string of the molecule is O=C(NO)c1ccc(C#CCNC(=O)[CH]2CC[CH]=[In]2)cc1. The first-order valence-electron chi connectivity index (χ1n) is 6.68.